The highest BCUT2D eigenvalue weighted by Crippen LogP contribution is 2.21. The maximum atomic E-state index is 5.18. The fourth-order valence-electron chi connectivity index (χ4n) is 1.83. The molecule has 2 aromatic heterocycles. The van der Waals surface area contributed by atoms with Crippen molar-refractivity contribution in [2.45, 2.75) is 13.0 Å². The molecule has 0 bridgehead atoms. The molecule has 6 heteroatoms. The van der Waals surface area contributed by atoms with Crippen LogP contribution < -0.4 is 10.2 Å². The maximum absolute atomic E-state index is 5.18. The van der Waals surface area contributed by atoms with Crippen molar-refractivity contribution in [3.8, 4) is 0 Å². The summed E-state index contributed by atoms with van der Waals surface area (Å²) in [5, 5.41) is 3.06. The van der Waals surface area contributed by atoms with Crippen LogP contribution in [0.3, 0.4) is 0 Å². The molecule has 0 saturated carbocycles. The molecule has 18 heavy (non-hydrogen) atoms. The third-order valence-electron chi connectivity index (χ3n) is 3.02. The smallest absolute Gasteiger partial charge is 0.180 e. The first-order valence-corrected chi connectivity index (χ1v) is 5.90. The number of anilines is 2. The van der Waals surface area contributed by atoms with E-state index in [1.165, 1.54) is 0 Å². The zero-order chi connectivity index (χ0) is 13.1. The number of ether oxygens (including phenoxy) is 1. The lowest BCUT2D eigenvalue weighted by molar-refractivity contribution is 0.183. The van der Waals surface area contributed by atoms with Crippen LogP contribution in [-0.2, 0) is 4.74 Å². The molecule has 1 unspecified atom stereocenters. The summed E-state index contributed by atoms with van der Waals surface area (Å²) >= 11 is 0. The van der Waals surface area contributed by atoms with Gasteiger partial charge in [0.15, 0.2) is 11.5 Å². The summed E-state index contributed by atoms with van der Waals surface area (Å²) < 4.78 is 7.15. The SMILES string of the molecule is CNc1cn2ccnc2c(N(C)C(C)COC)n1. The first-order chi connectivity index (χ1) is 8.67. The fraction of sp³-hybridized carbons (Fsp3) is 0.500. The van der Waals surface area contributed by atoms with Gasteiger partial charge in [0.1, 0.15) is 5.82 Å². The Morgan fingerprint density at radius 1 is 1.56 bits per heavy atom. The summed E-state index contributed by atoms with van der Waals surface area (Å²) in [6.45, 7) is 2.74. The van der Waals surface area contributed by atoms with Crippen LogP contribution in [0.15, 0.2) is 18.6 Å². The van der Waals surface area contributed by atoms with Crippen molar-refractivity contribution in [3.63, 3.8) is 0 Å². The van der Waals surface area contributed by atoms with Gasteiger partial charge in [0.05, 0.1) is 18.8 Å². The molecule has 0 amide bonds. The number of hydrogen-bond donors (Lipinski definition) is 1. The summed E-state index contributed by atoms with van der Waals surface area (Å²) in [6.07, 6.45) is 5.60. The Morgan fingerprint density at radius 3 is 3.00 bits per heavy atom. The number of aromatic nitrogens is 3. The average molecular weight is 249 g/mol. The van der Waals surface area contributed by atoms with Gasteiger partial charge in [-0.1, -0.05) is 0 Å². The Bertz CT molecular complexity index is 524. The van der Waals surface area contributed by atoms with Crippen molar-refractivity contribution >= 4 is 17.3 Å². The maximum Gasteiger partial charge on any atom is 0.180 e. The van der Waals surface area contributed by atoms with Crippen LogP contribution in [0.1, 0.15) is 6.92 Å². The molecular formula is C12H19N5O. The summed E-state index contributed by atoms with van der Waals surface area (Å²) in [5.74, 6) is 1.66. The van der Waals surface area contributed by atoms with Crippen molar-refractivity contribution in [1.82, 2.24) is 14.4 Å². The quantitative estimate of drug-likeness (QED) is 0.864. The van der Waals surface area contributed by atoms with Gasteiger partial charge in [0.2, 0.25) is 0 Å². The Kier molecular flexibility index (Phi) is 3.66. The second-order valence-corrected chi connectivity index (χ2v) is 4.27. The van der Waals surface area contributed by atoms with Gasteiger partial charge < -0.3 is 19.4 Å². The van der Waals surface area contributed by atoms with E-state index in [4.69, 9.17) is 4.74 Å². The van der Waals surface area contributed by atoms with Crippen LogP contribution in [0.25, 0.3) is 5.65 Å². The van der Waals surface area contributed by atoms with Gasteiger partial charge in [-0.2, -0.15) is 0 Å². The molecule has 0 aromatic carbocycles. The van der Waals surface area contributed by atoms with E-state index >= 15 is 0 Å². The third-order valence-corrected chi connectivity index (χ3v) is 3.02. The van der Waals surface area contributed by atoms with E-state index in [9.17, 15) is 0 Å². The van der Waals surface area contributed by atoms with E-state index in [1.807, 2.05) is 30.9 Å². The van der Waals surface area contributed by atoms with Crippen LogP contribution in [0.4, 0.5) is 11.6 Å². The lowest BCUT2D eigenvalue weighted by atomic mass is 10.3. The minimum atomic E-state index is 0.232. The lowest BCUT2D eigenvalue weighted by Crippen LogP contribution is -2.33. The summed E-state index contributed by atoms with van der Waals surface area (Å²) in [7, 11) is 5.56. The van der Waals surface area contributed by atoms with E-state index < -0.39 is 0 Å². The molecule has 1 atom stereocenters. The van der Waals surface area contributed by atoms with Gasteiger partial charge in [-0.15, -0.1) is 0 Å². The Morgan fingerprint density at radius 2 is 2.33 bits per heavy atom. The van der Waals surface area contributed by atoms with Crippen molar-refractivity contribution in [1.29, 1.82) is 0 Å². The molecule has 0 aliphatic rings. The van der Waals surface area contributed by atoms with Gasteiger partial charge >= 0.3 is 0 Å². The van der Waals surface area contributed by atoms with E-state index in [2.05, 4.69) is 27.1 Å². The topological polar surface area (TPSA) is 54.7 Å². The van der Waals surface area contributed by atoms with Crippen molar-refractivity contribution in [2.24, 2.45) is 0 Å². The Hall–Kier alpha value is -1.82. The van der Waals surface area contributed by atoms with Crippen molar-refractivity contribution in [3.05, 3.63) is 18.6 Å². The van der Waals surface area contributed by atoms with Gasteiger partial charge in [0, 0.05) is 33.6 Å². The van der Waals surface area contributed by atoms with E-state index in [-0.39, 0.29) is 6.04 Å². The van der Waals surface area contributed by atoms with Crippen LogP contribution in [0, 0.1) is 0 Å². The average Bonchev–Trinajstić information content (AvgIpc) is 2.84. The van der Waals surface area contributed by atoms with E-state index in [0.29, 0.717) is 6.61 Å². The van der Waals surface area contributed by atoms with Gasteiger partial charge in [-0.05, 0) is 6.92 Å². The number of nitrogens with one attached hydrogen (secondary N) is 1. The summed E-state index contributed by atoms with van der Waals surface area (Å²) in [5.41, 5.74) is 0.847. The van der Waals surface area contributed by atoms with Crippen molar-refractivity contribution in [2.75, 3.05) is 38.0 Å². The molecule has 2 aromatic rings. The number of methoxy groups -OCH3 is 1. The second kappa shape index (κ2) is 5.22. The zero-order valence-corrected chi connectivity index (χ0v) is 11.2. The van der Waals surface area contributed by atoms with Crippen LogP contribution in [0.2, 0.25) is 0 Å². The van der Waals surface area contributed by atoms with Crippen LogP contribution >= 0.6 is 0 Å². The summed E-state index contributed by atoms with van der Waals surface area (Å²) in [6, 6.07) is 0.232. The molecule has 0 radical (unpaired) electrons. The molecule has 6 nitrogen and oxygen atoms in total. The minimum absolute atomic E-state index is 0.232. The van der Waals surface area contributed by atoms with E-state index in [1.54, 1.807) is 13.3 Å². The number of hydrogen-bond acceptors (Lipinski definition) is 5. The molecular weight excluding hydrogens is 230 g/mol. The van der Waals surface area contributed by atoms with Gasteiger partial charge in [0.25, 0.3) is 0 Å². The monoisotopic (exact) mass is 249 g/mol. The highest BCUT2D eigenvalue weighted by Gasteiger charge is 2.16. The first-order valence-electron chi connectivity index (χ1n) is 5.90. The number of fused-ring (bicyclic) bond motifs is 1. The number of rotatable bonds is 5. The predicted molar refractivity (Wildman–Crippen MR) is 72.3 cm³/mol. The third kappa shape index (κ3) is 2.24. The second-order valence-electron chi connectivity index (χ2n) is 4.27. The molecule has 2 heterocycles. The molecule has 98 valence electrons. The molecule has 0 spiro atoms. The molecule has 2 rings (SSSR count). The molecule has 0 aliphatic carbocycles. The highest BCUT2D eigenvalue weighted by molar-refractivity contribution is 5.66. The summed E-state index contributed by atoms with van der Waals surface area (Å²) in [4.78, 5) is 11.0. The number of nitrogens with zero attached hydrogens (tertiary/aromatic N) is 4. The normalized spacial score (nSPS) is 12.7. The largest absolute Gasteiger partial charge is 0.383 e. The fourth-order valence-corrected chi connectivity index (χ4v) is 1.83. The Labute approximate surface area is 107 Å². The van der Waals surface area contributed by atoms with E-state index in [0.717, 1.165) is 17.3 Å². The molecule has 0 fully saturated rings. The van der Waals surface area contributed by atoms with Crippen LogP contribution in [0.5, 0.6) is 0 Å². The van der Waals surface area contributed by atoms with Gasteiger partial charge in [-0.3, -0.25) is 0 Å². The lowest BCUT2D eigenvalue weighted by Gasteiger charge is -2.25. The first kappa shape index (κ1) is 12.6. The predicted octanol–water partition coefficient (Wildman–Crippen LogP) is 1.24. The Balaban J connectivity index is 2.44. The minimum Gasteiger partial charge on any atom is -0.383 e. The molecule has 0 saturated heterocycles. The number of imidazole rings is 1. The zero-order valence-electron chi connectivity index (χ0n) is 11.2. The molecule has 1 N–H and O–H groups in total. The van der Waals surface area contributed by atoms with Gasteiger partial charge in [-0.25, -0.2) is 9.97 Å². The molecule has 0 aliphatic heterocycles. The van der Waals surface area contributed by atoms with Crippen molar-refractivity contribution < 1.29 is 4.74 Å². The standard InChI is InChI=1S/C12H19N5O/c1-9(8-18-4)16(3)12-11-14-5-6-17(11)7-10(13-2)15-12/h5-7,9,13H,8H2,1-4H3. The number of likely N-dealkylation sites (N-methyl/N-ethyl adjacent to an activating group) is 1. The highest BCUT2D eigenvalue weighted by atomic mass is 16.5. The van der Waals surface area contributed by atoms with Crippen LogP contribution in [-0.4, -0.2) is 48.2 Å².